The predicted octanol–water partition coefficient (Wildman–Crippen LogP) is 1.43. The highest BCUT2D eigenvalue weighted by Gasteiger charge is 2.32. The summed E-state index contributed by atoms with van der Waals surface area (Å²) in [6.07, 6.45) is 4.52. The number of aliphatic imine (C=N–C) groups is 1. The molecule has 0 atom stereocenters. The fourth-order valence-electron chi connectivity index (χ4n) is 3.05. The molecule has 0 radical (unpaired) electrons. The predicted molar refractivity (Wildman–Crippen MR) is 89.8 cm³/mol. The van der Waals surface area contributed by atoms with Gasteiger partial charge in [0.15, 0.2) is 0 Å². The standard InChI is InChI=1S/C18H14N4O3/c23-17(11-2-1-5-19-6-11)22-9-13-8-21-16(14(13)10-22)15-4-3-12(7-20-15)18(24)25/h1-7H,8-10H2,(H,24,25). The van der Waals surface area contributed by atoms with Crippen LogP contribution in [-0.4, -0.2) is 57.2 Å². The minimum Gasteiger partial charge on any atom is -0.478 e. The summed E-state index contributed by atoms with van der Waals surface area (Å²) in [7, 11) is 0. The van der Waals surface area contributed by atoms with Gasteiger partial charge in [-0.2, -0.15) is 0 Å². The molecule has 0 bridgehead atoms. The number of aromatic nitrogens is 2. The van der Waals surface area contributed by atoms with E-state index < -0.39 is 5.97 Å². The molecule has 7 heteroatoms. The van der Waals surface area contributed by atoms with Crippen LogP contribution in [0.3, 0.4) is 0 Å². The van der Waals surface area contributed by atoms with E-state index in [-0.39, 0.29) is 11.5 Å². The Morgan fingerprint density at radius 3 is 2.64 bits per heavy atom. The monoisotopic (exact) mass is 334 g/mol. The number of rotatable bonds is 3. The van der Waals surface area contributed by atoms with E-state index in [4.69, 9.17) is 5.11 Å². The maximum absolute atomic E-state index is 12.6. The molecular weight excluding hydrogens is 320 g/mol. The summed E-state index contributed by atoms with van der Waals surface area (Å²) in [6.45, 7) is 1.57. The molecule has 1 amide bonds. The largest absolute Gasteiger partial charge is 0.478 e. The lowest BCUT2D eigenvalue weighted by molar-refractivity contribution is 0.0695. The number of carboxylic acids is 1. The van der Waals surface area contributed by atoms with Crippen LogP contribution in [0.4, 0.5) is 0 Å². The number of amides is 1. The van der Waals surface area contributed by atoms with E-state index in [0.29, 0.717) is 30.9 Å². The molecule has 2 aliphatic heterocycles. The van der Waals surface area contributed by atoms with E-state index in [9.17, 15) is 9.59 Å². The lowest BCUT2D eigenvalue weighted by atomic mass is 10.1. The molecule has 4 rings (SSSR count). The number of hydrogen-bond donors (Lipinski definition) is 1. The zero-order chi connectivity index (χ0) is 17.4. The summed E-state index contributed by atoms with van der Waals surface area (Å²) < 4.78 is 0. The molecule has 0 aliphatic carbocycles. The van der Waals surface area contributed by atoms with Crippen molar-refractivity contribution in [3.8, 4) is 0 Å². The lowest BCUT2D eigenvalue weighted by Crippen LogP contribution is -2.31. The van der Waals surface area contributed by atoms with Crippen molar-refractivity contribution in [1.29, 1.82) is 0 Å². The van der Waals surface area contributed by atoms with Gasteiger partial charge in [-0.15, -0.1) is 0 Å². The quantitative estimate of drug-likeness (QED) is 0.916. The molecule has 7 nitrogen and oxygen atoms in total. The highest BCUT2D eigenvalue weighted by Crippen LogP contribution is 2.27. The number of nitrogens with zero attached hydrogens (tertiary/aromatic N) is 4. The van der Waals surface area contributed by atoms with Crippen LogP contribution in [0.25, 0.3) is 0 Å². The van der Waals surface area contributed by atoms with Crippen LogP contribution in [0.15, 0.2) is 59.0 Å². The first kappa shape index (κ1) is 15.2. The second kappa shape index (κ2) is 5.94. The molecule has 0 unspecified atom stereocenters. The normalized spacial score (nSPS) is 16.0. The van der Waals surface area contributed by atoms with Gasteiger partial charge in [-0.1, -0.05) is 0 Å². The van der Waals surface area contributed by atoms with Crippen LogP contribution in [0.2, 0.25) is 0 Å². The Morgan fingerprint density at radius 1 is 1.08 bits per heavy atom. The Hall–Kier alpha value is -3.35. The minimum atomic E-state index is -1.01. The number of carbonyl (C=O) groups excluding carboxylic acids is 1. The molecule has 1 N–H and O–H groups in total. The van der Waals surface area contributed by atoms with E-state index in [0.717, 1.165) is 16.9 Å². The fraction of sp³-hybridized carbons (Fsp3) is 0.167. The summed E-state index contributed by atoms with van der Waals surface area (Å²) in [5.41, 5.74) is 4.19. The molecule has 2 aromatic heterocycles. The summed E-state index contributed by atoms with van der Waals surface area (Å²) in [6, 6.07) is 6.66. The van der Waals surface area contributed by atoms with Gasteiger partial charge in [-0.05, 0) is 29.8 Å². The summed E-state index contributed by atoms with van der Waals surface area (Å²) in [4.78, 5) is 38.0. The average molecular weight is 334 g/mol. The molecular formula is C18H14N4O3. The molecule has 4 heterocycles. The second-order valence-corrected chi connectivity index (χ2v) is 5.89. The number of aromatic carboxylic acids is 1. The van der Waals surface area contributed by atoms with Crippen molar-refractivity contribution in [2.75, 3.05) is 19.6 Å². The van der Waals surface area contributed by atoms with E-state index in [2.05, 4.69) is 15.0 Å². The Kier molecular flexibility index (Phi) is 3.61. The fourth-order valence-corrected chi connectivity index (χ4v) is 3.05. The van der Waals surface area contributed by atoms with Crippen LogP contribution >= 0.6 is 0 Å². The van der Waals surface area contributed by atoms with Crippen molar-refractivity contribution in [1.82, 2.24) is 14.9 Å². The summed E-state index contributed by atoms with van der Waals surface area (Å²) >= 11 is 0. The SMILES string of the molecule is O=C(O)c1ccc(C2=NCC3=C2CN(C(=O)c2cccnc2)C3)nc1. The number of carboxylic acid groups (broad SMARTS) is 1. The van der Waals surface area contributed by atoms with Gasteiger partial charge in [-0.3, -0.25) is 19.8 Å². The van der Waals surface area contributed by atoms with Crippen molar-refractivity contribution < 1.29 is 14.7 Å². The molecule has 0 saturated carbocycles. The maximum atomic E-state index is 12.6. The third-order valence-corrected chi connectivity index (χ3v) is 4.32. The van der Waals surface area contributed by atoms with Crippen molar-refractivity contribution in [3.63, 3.8) is 0 Å². The van der Waals surface area contributed by atoms with Crippen molar-refractivity contribution in [2.24, 2.45) is 4.99 Å². The topological polar surface area (TPSA) is 95.8 Å². The zero-order valence-electron chi connectivity index (χ0n) is 13.2. The number of hydrogen-bond acceptors (Lipinski definition) is 5. The van der Waals surface area contributed by atoms with E-state index in [1.807, 2.05) is 0 Å². The van der Waals surface area contributed by atoms with Crippen LogP contribution in [0.1, 0.15) is 26.4 Å². The lowest BCUT2D eigenvalue weighted by Gasteiger charge is -2.17. The van der Waals surface area contributed by atoms with Gasteiger partial charge in [0.1, 0.15) is 0 Å². The van der Waals surface area contributed by atoms with Gasteiger partial charge in [0.05, 0.1) is 29.1 Å². The Morgan fingerprint density at radius 2 is 1.96 bits per heavy atom. The summed E-state index contributed by atoms with van der Waals surface area (Å²) in [5.74, 6) is -1.07. The molecule has 0 aromatic carbocycles. The van der Waals surface area contributed by atoms with Crippen molar-refractivity contribution in [3.05, 3.63) is 70.8 Å². The highest BCUT2D eigenvalue weighted by atomic mass is 16.4. The van der Waals surface area contributed by atoms with Crippen LogP contribution in [0, 0.1) is 0 Å². The van der Waals surface area contributed by atoms with Crippen LogP contribution in [0.5, 0.6) is 0 Å². The van der Waals surface area contributed by atoms with Crippen LogP contribution < -0.4 is 0 Å². The van der Waals surface area contributed by atoms with E-state index in [1.165, 1.54) is 12.3 Å². The highest BCUT2D eigenvalue weighted by molar-refractivity contribution is 6.15. The van der Waals surface area contributed by atoms with Crippen molar-refractivity contribution in [2.45, 2.75) is 0 Å². The first-order chi connectivity index (χ1) is 12.1. The van der Waals surface area contributed by atoms with Gasteiger partial charge < -0.3 is 10.0 Å². The molecule has 2 aromatic rings. The van der Waals surface area contributed by atoms with Gasteiger partial charge in [0, 0.05) is 37.3 Å². The first-order valence-corrected chi connectivity index (χ1v) is 7.78. The molecule has 25 heavy (non-hydrogen) atoms. The first-order valence-electron chi connectivity index (χ1n) is 7.78. The van der Waals surface area contributed by atoms with Gasteiger partial charge >= 0.3 is 5.97 Å². The smallest absolute Gasteiger partial charge is 0.337 e. The van der Waals surface area contributed by atoms with E-state index in [1.54, 1.807) is 35.5 Å². The maximum Gasteiger partial charge on any atom is 0.337 e. The molecule has 2 aliphatic rings. The van der Waals surface area contributed by atoms with Gasteiger partial charge in [0.25, 0.3) is 5.91 Å². The third-order valence-electron chi connectivity index (χ3n) is 4.32. The van der Waals surface area contributed by atoms with Crippen LogP contribution in [-0.2, 0) is 0 Å². The van der Waals surface area contributed by atoms with Gasteiger partial charge in [0.2, 0.25) is 0 Å². The summed E-state index contributed by atoms with van der Waals surface area (Å²) in [5, 5.41) is 8.97. The van der Waals surface area contributed by atoms with E-state index >= 15 is 0 Å². The zero-order valence-corrected chi connectivity index (χ0v) is 13.2. The minimum absolute atomic E-state index is 0.0592. The molecule has 0 fully saturated rings. The molecule has 0 saturated heterocycles. The number of pyridine rings is 2. The van der Waals surface area contributed by atoms with Crippen molar-refractivity contribution >= 4 is 17.6 Å². The number of carbonyl (C=O) groups is 2. The Bertz CT molecular complexity index is 917. The third kappa shape index (κ3) is 2.69. The van der Waals surface area contributed by atoms with Gasteiger partial charge in [-0.25, -0.2) is 4.79 Å². The molecule has 124 valence electrons. The Balaban J connectivity index is 1.53. The second-order valence-electron chi connectivity index (χ2n) is 5.89. The average Bonchev–Trinajstić information content (AvgIpc) is 3.22. The Labute approximate surface area is 143 Å². The molecule has 0 spiro atoms.